The van der Waals surface area contributed by atoms with Crippen molar-refractivity contribution < 1.29 is 23.1 Å². The predicted molar refractivity (Wildman–Crippen MR) is 83.7 cm³/mol. The molecular weight excluding hydrogens is 301 g/mol. The molecule has 2 rings (SSSR count). The fraction of sp³-hybridized carbons (Fsp3) is 0.412. The molecule has 0 aliphatic rings. The Hall–Kier alpha value is -2.37. The molecule has 1 aromatic carbocycles. The summed E-state index contributed by atoms with van der Waals surface area (Å²) in [6, 6.07) is 4.46. The van der Waals surface area contributed by atoms with Gasteiger partial charge < -0.3 is 14.5 Å². The highest BCUT2D eigenvalue weighted by molar-refractivity contribution is 5.96. The minimum atomic E-state index is -0.776. The molecule has 23 heavy (non-hydrogen) atoms. The van der Waals surface area contributed by atoms with Gasteiger partial charge in [-0.25, -0.2) is 9.18 Å². The van der Waals surface area contributed by atoms with Crippen LogP contribution in [0.4, 0.5) is 4.39 Å². The standard InChI is InChI=1S/C17H20FNO4/c1-3-4-5-9-19-14(20)10-22-17(21)15-11(2)12-7-6-8-13(18)16(12)23-15/h6-8H,3-5,9-10H2,1-2H3,(H,19,20). The molecule has 1 amide bonds. The SMILES string of the molecule is CCCCCNC(=O)COC(=O)c1oc2c(F)cccc2c1C. The molecule has 0 atom stereocenters. The van der Waals surface area contributed by atoms with Crippen LogP contribution < -0.4 is 5.32 Å². The van der Waals surface area contributed by atoms with Crippen LogP contribution in [-0.4, -0.2) is 25.0 Å². The fourth-order valence-corrected chi connectivity index (χ4v) is 2.25. The Balaban J connectivity index is 1.95. The number of nitrogens with one attached hydrogen (secondary N) is 1. The van der Waals surface area contributed by atoms with E-state index in [0.717, 1.165) is 19.3 Å². The maximum absolute atomic E-state index is 13.6. The van der Waals surface area contributed by atoms with Gasteiger partial charge in [-0.3, -0.25) is 4.79 Å². The number of amides is 1. The summed E-state index contributed by atoms with van der Waals surface area (Å²) in [5.41, 5.74) is 0.508. The third-order valence-electron chi connectivity index (χ3n) is 3.54. The zero-order valence-corrected chi connectivity index (χ0v) is 13.3. The molecule has 1 heterocycles. The number of carbonyl (C=O) groups is 2. The number of benzene rings is 1. The summed E-state index contributed by atoms with van der Waals surface area (Å²) >= 11 is 0. The number of rotatable bonds is 7. The smallest absolute Gasteiger partial charge is 0.375 e. The number of aryl methyl sites for hydroxylation is 1. The quantitative estimate of drug-likeness (QED) is 0.627. The third kappa shape index (κ3) is 4.09. The minimum Gasteiger partial charge on any atom is -0.450 e. The molecule has 2 aromatic rings. The Labute approximate surface area is 133 Å². The topological polar surface area (TPSA) is 68.5 Å². The highest BCUT2D eigenvalue weighted by atomic mass is 19.1. The van der Waals surface area contributed by atoms with Crippen LogP contribution in [-0.2, 0) is 9.53 Å². The number of furan rings is 1. The lowest BCUT2D eigenvalue weighted by Gasteiger charge is -2.05. The van der Waals surface area contributed by atoms with Crippen molar-refractivity contribution in [3.8, 4) is 0 Å². The van der Waals surface area contributed by atoms with Crippen molar-refractivity contribution in [2.45, 2.75) is 33.1 Å². The van der Waals surface area contributed by atoms with Crippen LogP contribution >= 0.6 is 0 Å². The van der Waals surface area contributed by atoms with E-state index in [4.69, 9.17) is 9.15 Å². The highest BCUT2D eigenvalue weighted by Gasteiger charge is 2.21. The Morgan fingerprint density at radius 3 is 2.78 bits per heavy atom. The number of hydrogen-bond donors (Lipinski definition) is 1. The molecule has 0 radical (unpaired) electrons. The van der Waals surface area contributed by atoms with Crippen LogP contribution in [0.3, 0.4) is 0 Å². The van der Waals surface area contributed by atoms with Crippen LogP contribution in [0, 0.1) is 12.7 Å². The zero-order chi connectivity index (χ0) is 16.8. The highest BCUT2D eigenvalue weighted by Crippen LogP contribution is 2.27. The average Bonchev–Trinajstić information content (AvgIpc) is 2.88. The molecule has 0 spiro atoms. The molecule has 6 heteroatoms. The van der Waals surface area contributed by atoms with Gasteiger partial charge in [-0.2, -0.15) is 0 Å². The van der Waals surface area contributed by atoms with Crippen molar-refractivity contribution >= 4 is 22.8 Å². The van der Waals surface area contributed by atoms with E-state index < -0.39 is 11.8 Å². The number of unbranched alkanes of at least 4 members (excludes halogenated alkanes) is 2. The second-order valence-electron chi connectivity index (χ2n) is 5.31. The Kier molecular flexibility index (Phi) is 5.73. The van der Waals surface area contributed by atoms with Gasteiger partial charge in [0.2, 0.25) is 5.76 Å². The lowest BCUT2D eigenvalue weighted by Crippen LogP contribution is -2.29. The molecule has 1 N–H and O–H groups in total. The van der Waals surface area contributed by atoms with Crippen molar-refractivity contribution in [1.82, 2.24) is 5.32 Å². The Bertz CT molecular complexity index is 708. The van der Waals surface area contributed by atoms with Gasteiger partial charge in [-0.05, 0) is 19.4 Å². The predicted octanol–water partition coefficient (Wildman–Crippen LogP) is 3.34. The van der Waals surface area contributed by atoms with Crippen LogP contribution in [0.15, 0.2) is 22.6 Å². The summed E-state index contributed by atoms with van der Waals surface area (Å²) in [4.78, 5) is 23.6. The number of para-hydroxylation sites is 1. The summed E-state index contributed by atoms with van der Waals surface area (Å²) in [6.07, 6.45) is 2.98. The van der Waals surface area contributed by atoms with E-state index in [-0.39, 0.29) is 23.9 Å². The first-order valence-electron chi connectivity index (χ1n) is 7.66. The Morgan fingerprint density at radius 2 is 2.09 bits per heavy atom. The maximum Gasteiger partial charge on any atom is 0.375 e. The summed E-state index contributed by atoms with van der Waals surface area (Å²) < 4.78 is 23.8. The van der Waals surface area contributed by atoms with Gasteiger partial charge in [-0.15, -0.1) is 0 Å². The van der Waals surface area contributed by atoms with E-state index in [2.05, 4.69) is 12.2 Å². The van der Waals surface area contributed by atoms with E-state index in [9.17, 15) is 14.0 Å². The molecule has 1 aromatic heterocycles. The normalized spacial score (nSPS) is 10.7. The molecule has 0 aliphatic carbocycles. The second kappa shape index (κ2) is 7.76. The summed E-state index contributed by atoms with van der Waals surface area (Å²) in [6.45, 7) is 3.89. The molecule has 0 unspecified atom stereocenters. The lowest BCUT2D eigenvalue weighted by molar-refractivity contribution is -0.124. The minimum absolute atomic E-state index is 0.0148. The lowest BCUT2D eigenvalue weighted by atomic mass is 10.1. The van der Waals surface area contributed by atoms with E-state index in [1.54, 1.807) is 19.1 Å². The molecule has 0 bridgehead atoms. The maximum atomic E-state index is 13.6. The number of esters is 1. The monoisotopic (exact) mass is 321 g/mol. The molecule has 0 fully saturated rings. The molecule has 0 saturated heterocycles. The zero-order valence-electron chi connectivity index (χ0n) is 13.3. The van der Waals surface area contributed by atoms with Crippen LogP contribution in [0.25, 0.3) is 11.0 Å². The Morgan fingerprint density at radius 1 is 1.30 bits per heavy atom. The molecule has 0 saturated carbocycles. The summed E-state index contributed by atoms with van der Waals surface area (Å²) in [5, 5.41) is 3.18. The van der Waals surface area contributed by atoms with Gasteiger partial charge in [0.25, 0.3) is 5.91 Å². The van der Waals surface area contributed by atoms with Crippen LogP contribution in [0.1, 0.15) is 42.3 Å². The number of fused-ring (bicyclic) bond motifs is 1. The van der Waals surface area contributed by atoms with Crippen molar-refractivity contribution in [2.24, 2.45) is 0 Å². The first-order chi connectivity index (χ1) is 11.0. The van der Waals surface area contributed by atoms with Crippen molar-refractivity contribution in [3.63, 3.8) is 0 Å². The molecule has 0 aliphatic heterocycles. The van der Waals surface area contributed by atoms with Gasteiger partial charge in [0, 0.05) is 17.5 Å². The number of carbonyl (C=O) groups excluding carboxylic acids is 2. The van der Waals surface area contributed by atoms with E-state index in [1.165, 1.54) is 6.07 Å². The van der Waals surface area contributed by atoms with Gasteiger partial charge in [-0.1, -0.05) is 31.9 Å². The number of halogens is 1. The van der Waals surface area contributed by atoms with Crippen molar-refractivity contribution in [1.29, 1.82) is 0 Å². The molecule has 5 nitrogen and oxygen atoms in total. The van der Waals surface area contributed by atoms with Gasteiger partial charge in [0.05, 0.1) is 0 Å². The first-order valence-corrected chi connectivity index (χ1v) is 7.66. The molecule has 124 valence electrons. The molecular formula is C17H20FNO4. The average molecular weight is 321 g/mol. The van der Waals surface area contributed by atoms with Gasteiger partial charge in [0.15, 0.2) is 18.0 Å². The van der Waals surface area contributed by atoms with Gasteiger partial charge >= 0.3 is 5.97 Å². The summed E-state index contributed by atoms with van der Waals surface area (Å²) in [5.74, 6) is -1.77. The fourth-order valence-electron chi connectivity index (χ4n) is 2.25. The number of hydrogen-bond acceptors (Lipinski definition) is 4. The van der Waals surface area contributed by atoms with Crippen LogP contribution in [0.2, 0.25) is 0 Å². The second-order valence-corrected chi connectivity index (χ2v) is 5.31. The van der Waals surface area contributed by atoms with E-state index in [0.29, 0.717) is 17.5 Å². The van der Waals surface area contributed by atoms with Gasteiger partial charge in [0.1, 0.15) is 0 Å². The third-order valence-corrected chi connectivity index (χ3v) is 3.54. The largest absolute Gasteiger partial charge is 0.450 e. The van der Waals surface area contributed by atoms with E-state index >= 15 is 0 Å². The van der Waals surface area contributed by atoms with Crippen molar-refractivity contribution in [2.75, 3.05) is 13.2 Å². The van der Waals surface area contributed by atoms with Crippen LogP contribution in [0.5, 0.6) is 0 Å². The first kappa shape index (κ1) is 17.0. The van der Waals surface area contributed by atoms with Crippen molar-refractivity contribution in [3.05, 3.63) is 35.3 Å². The summed E-state index contributed by atoms with van der Waals surface area (Å²) in [7, 11) is 0. The number of ether oxygens (including phenoxy) is 1. The van der Waals surface area contributed by atoms with E-state index in [1.807, 2.05) is 0 Å².